The maximum atomic E-state index is 13.3. The molecule has 8 nitrogen and oxygen atoms in total. The van der Waals surface area contributed by atoms with E-state index >= 15 is 0 Å². The summed E-state index contributed by atoms with van der Waals surface area (Å²) in [7, 11) is 1.65. The molecule has 3 aromatic rings. The first-order valence-corrected chi connectivity index (χ1v) is 12.7. The smallest absolute Gasteiger partial charge is 0.260 e. The van der Waals surface area contributed by atoms with E-state index in [9.17, 15) is 4.79 Å². The molecule has 0 spiro atoms. The zero-order valence-electron chi connectivity index (χ0n) is 21.6. The molecule has 0 saturated carbocycles. The maximum Gasteiger partial charge on any atom is 0.260 e. The van der Waals surface area contributed by atoms with Gasteiger partial charge in [0, 0.05) is 45.4 Å². The molecule has 1 aliphatic heterocycles. The van der Waals surface area contributed by atoms with Crippen LogP contribution in [0.25, 0.3) is 5.69 Å². The third kappa shape index (κ3) is 6.25. The number of para-hydroxylation sites is 2. The highest BCUT2D eigenvalue weighted by Crippen LogP contribution is 2.30. The molecular formula is C28H37N5O3. The number of carbonyl (C=O) groups excluding carboxylic acids is 1. The van der Waals surface area contributed by atoms with Crippen LogP contribution in [-0.2, 0) is 16.1 Å². The minimum atomic E-state index is -0.0792. The van der Waals surface area contributed by atoms with Gasteiger partial charge in [0.2, 0.25) is 0 Å². The lowest BCUT2D eigenvalue weighted by molar-refractivity contribution is -0.134. The van der Waals surface area contributed by atoms with Gasteiger partial charge in [-0.2, -0.15) is 5.10 Å². The number of carbonyl (C=O) groups is 1. The van der Waals surface area contributed by atoms with Crippen molar-refractivity contribution in [2.45, 2.75) is 20.4 Å². The second-order valence-electron chi connectivity index (χ2n) is 8.97. The van der Waals surface area contributed by atoms with Gasteiger partial charge in [-0.25, -0.2) is 4.68 Å². The second kappa shape index (κ2) is 12.6. The summed E-state index contributed by atoms with van der Waals surface area (Å²) in [6.45, 7) is 10.5. The van der Waals surface area contributed by atoms with Crippen LogP contribution in [0.4, 0.5) is 5.82 Å². The predicted molar refractivity (Wildman–Crippen MR) is 142 cm³/mol. The van der Waals surface area contributed by atoms with Gasteiger partial charge in [0.25, 0.3) is 5.91 Å². The summed E-state index contributed by atoms with van der Waals surface area (Å²) >= 11 is 0. The lowest BCUT2D eigenvalue weighted by atomic mass is 10.2. The van der Waals surface area contributed by atoms with Crippen LogP contribution in [0.1, 0.15) is 18.2 Å². The Bertz CT molecular complexity index is 1100. The van der Waals surface area contributed by atoms with Gasteiger partial charge in [-0.05, 0) is 37.7 Å². The van der Waals surface area contributed by atoms with E-state index in [4.69, 9.17) is 14.6 Å². The van der Waals surface area contributed by atoms with Crippen molar-refractivity contribution in [2.75, 3.05) is 64.5 Å². The van der Waals surface area contributed by atoms with E-state index in [0.717, 1.165) is 55.5 Å². The van der Waals surface area contributed by atoms with Gasteiger partial charge in [-0.15, -0.1) is 0 Å². The number of aryl methyl sites for hydroxylation is 1. The summed E-state index contributed by atoms with van der Waals surface area (Å²) in [6, 6.07) is 19.6. The van der Waals surface area contributed by atoms with Gasteiger partial charge in [-0.3, -0.25) is 4.79 Å². The number of rotatable bonds is 11. The summed E-state index contributed by atoms with van der Waals surface area (Å²) in [6.07, 6.45) is 0. The Morgan fingerprint density at radius 3 is 2.31 bits per heavy atom. The molecule has 0 aliphatic carbocycles. The van der Waals surface area contributed by atoms with Crippen LogP contribution in [0.5, 0.6) is 5.75 Å². The van der Waals surface area contributed by atoms with Crippen molar-refractivity contribution >= 4 is 11.7 Å². The van der Waals surface area contributed by atoms with Crippen LogP contribution < -0.4 is 9.64 Å². The number of methoxy groups -OCH3 is 1. The minimum Gasteiger partial charge on any atom is -0.484 e. The molecule has 1 aromatic heterocycles. The van der Waals surface area contributed by atoms with Crippen LogP contribution >= 0.6 is 0 Å². The van der Waals surface area contributed by atoms with Crippen molar-refractivity contribution in [3.63, 3.8) is 0 Å². The van der Waals surface area contributed by atoms with Crippen LogP contribution in [0.3, 0.4) is 0 Å². The summed E-state index contributed by atoms with van der Waals surface area (Å²) in [4.78, 5) is 20.0. The van der Waals surface area contributed by atoms with Crippen LogP contribution in [0.2, 0.25) is 0 Å². The van der Waals surface area contributed by atoms with Gasteiger partial charge >= 0.3 is 0 Å². The normalized spacial score (nSPS) is 14.1. The molecule has 1 fully saturated rings. The largest absolute Gasteiger partial charge is 0.484 e. The minimum absolute atomic E-state index is 0.0237. The van der Waals surface area contributed by atoms with E-state index in [1.54, 1.807) is 7.11 Å². The standard InChI is InChI=1S/C28H37N5O3/c1-4-30-15-17-31(18-16-30)28-26(23(2)29-33(28)24-11-7-5-8-12-24)21-32(19-20-35-3)27(34)22-36-25-13-9-6-10-14-25/h5-14H,4,15-22H2,1-3H3. The van der Waals surface area contributed by atoms with E-state index in [-0.39, 0.29) is 12.5 Å². The Hall–Kier alpha value is -3.36. The summed E-state index contributed by atoms with van der Waals surface area (Å²) in [5, 5.41) is 4.94. The molecule has 1 amide bonds. The van der Waals surface area contributed by atoms with Crippen LogP contribution in [0.15, 0.2) is 60.7 Å². The van der Waals surface area contributed by atoms with E-state index in [1.165, 1.54) is 0 Å². The van der Waals surface area contributed by atoms with Crippen molar-refractivity contribution in [3.8, 4) is 11.4 Å². The number of amides is 1. The van der Waals surface area contributed by atoms with Crippen molar-refractivity contribution in [1.82, 2.24) is 19.6 Å². The lowest BCUT2D eigenvalue weighted by Gasteiger charge is -2.36. The Morgan fingerprint density at radius 1 is 1.00 bits per heavy atom. The van der Waals surface area contributed by atoms with Gasteiger partial charge < -0.3 is 24.2 Å². The molecular weight excluding hydrogens is 454 g/mol. The zero-order chi connectivity index (χ0) is 25.3. The molecule has 0 N–H and O–H groups in total. The fourth-order valence-electron chi connectivity index (χ4n) is 4.52. The van der Waals surface area contributed by atoms with E-state index in [1.807, 2.05) is 65.0 Å². The maximum absolute atomic E-state index is 13.3. The molecule has 1 saturated heterocycles. The number of hydrogen-bond donors (Lipinski definition) is 0. The average Bonchev–Trinajstić information content (AvgIpc) is 3.26. The van der Waals surface area contributed by atoms with Gasteiger partial charge in [0.1, 0.15) is 11.6 Å². The summed E-state index contributed by atoms with van der Waals surface area (Å²) in [5.41, 5.74) is 3.00. The number of piperazine rings is 1. The molecule has 0 unspecified atom stereocenters. The number of hydrogen-bond acceptors (Lipinski definition) is 6. The van der Waals surface area contributed by atoms with Crippen molar-refractivity contribution in [1.29, 1.82) is 0 Å². The Morgan fingerprint density at radius 2 is 1.67 bits per heavy atom. The molecule has 36 heavy (non-hydrogen) atoms. The molecule has 192 valence electrons. The predicted octanol–water partition coefficient (Wildman–Crippen LogP) is 3.38. The van der Waals surface area contributed by atoms with E-state index in [0.29, 0.717) is 25.4 Å². The summed E-state index contributed by atoms with van der Waals surface area (Å²) in [5.74, 6) is 1.67. The SMILES string of the molecule is CCN1CCN(c2c(CN(CCOC)C(=O)COc3ccccc3)c(C)nn2-c2ccccc2)CC1. The second-order valence-corrected chi connectivity index (χ2v) is 8.97. The van der Waals surface area contributed by atoms with Crippen molar-refractivity contribution in [2.24, 2.45) is 0 Å². The number of likely N-dealkylation sites (N-methyl/N-ethyl adjacent to an activating group) is 1. The highest BCUT2D eigenvalue weighted by atomic mass is 16.5. The fraction of sp³-hybridized carbons (Fsp3) is 0.429. The lowest BCUT2D eigenvalue weighted by Crippen LogP contribution is -2.47. The first-order chi connectivity index (χ1) is 17.6. The number of benzene rings is 2. The molecule has 2 heterocycles. The van der Waals surface area contributed by atoms with Gasteiger partial charge in [-0.1, -0.05) is 43.3 Å². The Kier molecular flexibility index (Phi) is 8.97. The topological polar surface area (TPSA) is 63.1 Å². The number of aromatic nitrogens is 2. The highest BCUT2D eigenvalue weighted by molar-refractivity contribution is 5.78. The van der Waals surface area contributed by atoms with Crippen LogP contribution in [0, 0.1) is 6.92 Å². The number of anilines is 1. The number of ether oxygens (including phenoxy) is 2. The van der Waals surface area contributed by atoms with Gasteiger partial charge in [0.15, 0.2) is 6.61 Å². The van der Waals surface area contributed by atoms with Crippen molar-refractivity contribution < 1.29 is 14.3 Å². The first kappa shape index (κ1) is 25.7. The molecule has 0 atom stereocenters. The molecule has 2 aromatic carbocycles. The Labute approximate surface area is 214 Å². The molecule has 4 rings (SSSR count). The first-order valence-electron chi connectivity index (χ1n) is 12.7. The third-order valence-electron chi connectivity index (χ3n) is 6.65. The highest BCUT2D eigenvalue weighted by Gasteiger charge is 2.27. The monoisotopic (exact) mass is 491 g/mol. The molecule has 1 aliphatic rings. The molecule has 0 bridgehead atoms. The molecule has 0 radical (unpaired) electrons. The Balaban J connectivity index is 1.62. The summed E-state index contributed by atoms with van der Waals surface area (Å²) < 4.78 is 13.1. The fourth-order valence-corrected chi connectivity index (χ4v) is 4.52. The van der Waals surface area contributed by atoms with E-state index in [2.05, 4.69) is 28.9 Å². The van der Waals surface area contributed by atoms with Crippen molar-refractivity contribution in [3.05, 3.63) is 71.9 Å². The number of nitrogens with zero attached hydrogens (tertiary/aromatic N) is 5. The average molecular weight is 492 g/mol. The zero-order valence-corrected chi connectivity index (χ0v) is 21.6. The third-order valence-corrected chi connectivity index (χ3v) is 6.65. The van der Waals surface area contributed by atoms with E-state index < -0.39 is 0 Å². The van der Waals surface area contributed by atoms with Crippen LogP contribution in [-0.4, -0.2) is 85.1 Å². The quantitative estimate of drug-likeness (QED) is 0.410. The molecule has 8 heteroatoms. The van der Waals surface area contributed by atoms with Gasteiger partial charge in [0.05, 0.1) is 24.5 Å².